The van der Waals surface area contributed by atoms with Crippen LogP contribution in [-0.2, 0) is 24.0 Å². The number of aliphatic hydroxyl groups excluding tert-OH is 1. The molecule has 11 heteroatoms. The standard InChI is InChI=1S/C31H57N5O6/c1-13-16-17-21(8)27(38)26(29(40)33-22(14-2)28(39)32-9)36(12)31(42)25(20(6)7)35(11)30(41)23(18-19(4)5)34(10)24(37)15-3/h13,16,19-23,25-27,38H,14-15,17-18H2,1-12H3,(H,32,39)(H,33,40)/b16-13+/t21-,22+,23+,25+,26+,27-/m1/s1. The van der Waals surface area contributed by atoms with Crippen LogP contribution >= 0.6 is 0 Å². The molecule has 11 nitrogen and oxygen atoms in total. The van der Waals surface area contributed by atoms with E-state index in [2.05, 4.69) is 10.6 Å². The van der Waals surface area contributed by atoms with E-state index in [0.29, 0.717) is 19.3 Å². The van der Waals surface area contributed by atoms with Crippen LogP contribution in [0.3, 0.4) is 0 Å². The maximum atomic E-state index is 14.1. The summed E-state index contributed by atoms with van der Waals surface area (Å²) < 4.78 is 0. The van der Waals surface area contributed by atoms with Crippen LogP contribution in [0.2, 0.25) is 0 Å². The molecule has 5 amide bonds. The number of carbonyl (C=O) groups is 5. The number of rotatable bonds is 17. The maximum absolute atomic E-state index is 14.1. The van der Waals surface area contributed by atoms with E-state index in [1.807, 2.05) is 32.9 Å². The van der Waals surface area contributed by atoms with Crippen LogP contribution in [0.25, 0.3) is 0 Å². The molecule has 0 aromatic carbocycles. The van der Waals surface area contributed by atoms with Gasteiger partial charge in [-0.05, 0) is 43.9 Å². The molecular weight excluding hydrogens is 538 g/mol. The lowest BCUT2D eigenvalue weighted by atomic mass is 9.91. The first kappa shape index (κ1) is 39.0. The first-order chi connectivity index (χ1) is 19.5. The molecule has 242 valence electrons. The summed E-state index contributed by atoms with van der Waals surface area (Å²) in [5.41, 5.74) is 0. The van der Waals surface area contributed by atoms with Crippen molar-refractivity contribution in [2.45, 2.75) is 111 Å². The average Bonchev–Trinajstić information content (AvgIpc) is 2.95. The number of allylic oxidation sites excluding steroid dienone is 2. The van der Waals surface area contributed by atoms with Crippen molar-refractivity contribution in [3.05, 3.63) is 12.2 Å². The lowest BCUT2D eigenvalue weighted by Gasteiger charge is -2.40. The molecule has 0 heterocycles. The van der Waals surface area contributed by atoms with Crippen LogP contribution in [0.1, 0.15) is 81.1 Å². The highest BCUT2D eigenvalue weighted by Gasteiger charge is 2.43. The highest BCUT2D eigenvalue weighted by atomic mass is 16.3. The van der Waals surface area contributed by atoms with Crippen LogP contribution in [0.15, 0.2) is 12.2 Å². The summed E-state index contributed by atoms with van der Waals surface area (Å²) in [5.74, 6) is -2.76. The molecule has 0 saturated heterocycles. The molecule has 0 aromatic heterocycles. The van der Waals surface area contributed by atoms with E-state index >= 15 is 0 Å². The summed E-state index contributed by atoms with van der Waals surface area (Å²) in [6.45, 7) is 14.7. The number of carbonyl (C=O) groups excluding carboxylic acids is 5. The van der Waals surface area contributed by atoms with Gasteiger partial charge in [-0.25, -0.2) is 0 Å². The summed E-state index contributed by atoms with van der Waals surface area (Å²) >= 11 is 0. The van der Waals surface area contributed by atoms with E-state index in [9.17, 15) is 29.1 Å². The van der Waals surface area contributed by atoms with Crippen LogP contribution in [0.4, 0.5) is 0 Å². The van der Waals surface area contributed by atoms with Gasteiger partial charge in [-0.15, -0.1) is 0 Å². The maximum Gasteiger partial charge on any atom is 0.246 e. The molecule has 0 rings (SSSR count). The molecule has 0 saturated carbocycles. The van der Waals surface area contributed by atoms with Gasteiger partial charge in [0.25, 0.3) is 0 Å². The molecule has 0 bridgehead atoms. The third-order valence-corrected chi connectivity index (χ3v) is 7.76. The third-order valence-electron chi connectivity index (χ3n) is 7.76. The van der Waals surface area contributed by atoms with Gasteiger partial charge in [-0.2, -0.15) is 0 Å². The number of aliphatic hydroxyl groups is 1. The minimum absolute atomic E-state index is 0.115. The Kier molecular flexibility index (Phi) is 17.3. The topological polar surface area (TPSA) is 139 Å². The van der Waals surface area contributed by atoms with Crippen molar-refractivity contribution in [2.75, 3.05) is 28.2 Å². The van der Waals surface area contributed by atoms with E-state index in [1.54, 1.807) is 41.7 Å². The number of hydrogen-bond acceptors (Lipinski definition) is 6. The van der Waals surface area contributed by atoms with Crippen LogP contribution in [0.5, 0.6) is 0 Å². The van der Waals surface area contributed by atoms with Crippen molar-refractivity contribution in [3.8, 4) is 0 Å². The quantitative estimate of drug-likeness (QED) is 0.220. The van der Waals surface area contributed by atoms with Gasteiger partial charge in [0.2, 0.25) is 29.5 Å². The first-order valence-corrected chi connectivity index (χ1v) is 15.1. The molecule has 3 N–H and O–H groups in total. The molecule has 0 fully saturated rings. The third kappa shape index (κ3) is 10.7. The summed E-state index contributed by atoms with van der Waals surface area (Å²) in [6, 6.07) is -3.90. The Labute approximate surface area is 253 Å². The largest absolute Gasteiger partial charge is 0.390 e. The molecule has 0 aliphatic heterocycles. The zero-order valence-corrected chi connectivity index (χ0v) is 27.9. The Balaban J connectivity index is 6.57. The monoisotopic (exact) mass is 595 g/mol. The van der Waals surface area contributed by atoms with Crippen LogP contribution in [-0.4, -0.2) is 108 Å². The van der Waals surface area contributed by atoms with Gasteiger partial charge >= 0.3 is 0 Å². The smallest absolute Gasteiger partial charge is 0.246 e. The van der Waals surface area contributed by atoms with Gasteiger partial charge in [0, 0.05) is 34.6 Å². The van der Waals surface area contributed by atoms with E-state index in [0.717, 1.165) is 0 Å². The lowest BCUT2D eigenvalue weighted by Crippen LogP contribution is -2.63. The van der Waals surface area contributed by atoms with Gasteiger partial charge < -0.3 is 30.4 Å². The predicted octanol–water partition coefficient (Wildman–Crippen LogP) is 2.18. The van der Waals surface area contributed by atoms with Crippen LogP contribution < -0.4 is 10.6 Å². The van der Waals surface area contributed by atoms with Gasteiger partial charge in [-0.1, -0.05) is 60.6 Å². The minimum Gasteiger partial charge on any atom is -0.390 e. The minimum atomic E-state index is -1.32. The van der Waals surface area contributed by atoms with Crippen molar-refractivity contribution in [3.63, 3.8) is 0 Å². The number of amides is 5. The highest BCUT2D eigenvalue weighted by Crippen LogP contribution is 2.23. The van der Waals surface area contributed by atoms with Crippen molar-refractivity contribution in [1.29, 1.82) is 0 Å². The highest BCUT2D eigenvalue weighted by molar-refractivity contribution is 5.95. The van der Waals surface area contributed by atoms with E-state index < -0.39 is 48.0 Å². The zero-order valence-electron chi connectivity index (χ0n) is 27.9. The van der Waals surface area contributed by atoms with Crippen LogP contribution in [0, 0.1) is 17.8 Å². The fraction of sp³-hybridized carbons (Fsp3) is 0.774. The molecule has 0 aliphatic rings. The first-order valence-electron chi connectivity index (χ1n) is 15.1. The Morgan fingerprint density at radius 3 is 1.81 bits per heavy atom. The van der Waals surface area contributed by atoms with E-state index in [-0.39, 0.29) is 36.0 Å². The second kappa shape index (κ2) is 18.6. The summed E-state index contributed by atoms with van der Waals surface area (Å²) in [5, 5.41) is 16.6. The predicted molar refractivity (Wildman–Crippen MR) is 165 cm³/mol. The molecule has 0 aromatic rings. The molecule has 0 radical (unpaired) electrons. The second-order valence-electron chi connectivity index (χ2n) is 11.9. The zero-order chi connectivity index (χ0) is 32.9. The van der Waals surface area contributed by atoms with E-state index in [4.69, 9.17) is 0 Å². The number of nitrogens with zero attached hydrogens (tertiary/aromatic N) is 3. The van der Waals surface area contributed by atoms with Crippen molar-refractivity contribution in [1.82, 2.24) is 25.3 Å². The molecule has 42 heavy (non-hydrogen) atoms. The molecule has 0 aliphatic carbocycles. The fourth-order valence-corrected chi connectivity index (χ4v) is 5.06. The number of nitrogens with one attached hydrogen (secondary N) is 2. The Hall–Kier alpha value is -2.95. The van der Waals surface area contributed by atoms with Gasteiger partial charge in [-0.3, -0.25) is 24.0 Å². The van der Waals surface area contributed by atoms with Gasteiger partial charge in [0.15, 0.2) is 0 Å². The molecular formula is C31H57N5O6. The van der Waals surface area contributed by atoms with Crippen molar-refractivity contribution in [2.24, 2.45) is 17.8 Å². The molecule has 6 atom stereocenters. The Morgan fingerprint density at radius 1 is 0.833 bits per heavy atom. The van der Waals surface area contributed by atoms with Crippen molar-refractivity contribution < 1.29 is 29.1 Å². The number of likely N-dealkylation sites (N-methyl/N-ethyl adjacent to an activating group) is 4. The second-order valence-corrected chi connectivity index (χ2v) is 11.9. The average molecular weight is 596 g/mol. The number of hydrogen-bond donors (Lipinski definition) is 3. The Bertz CT molecular complexity index is 937. The van der Waals surface area contributed by atoms with Gasteiger partial charge in [0.1, 0.15) is 24.2 Å². The SMILES string of the molecule is C/C=C/C[C@@H](C)[C@@H](O)[C@@H](C(=O)N[C@@H](CC)C(=O)NC)N(C)C(=O)[C@H](C(C)C)N(C)C(=O)[C@H](CC(C)C)N(C)C(=O)CC. The molecule has 0 unspecified atom stereocenters. The fourth-order valence-electron chi connectivity index (χ4n) is 5.06. The normalized spacial score (nSPS) is 15.9. The van der Waals surface area contributed by atoms with Crippen molar-refractivity contribution >= 4 is 29.5 Å². The summed E-state index contributed by atoms with van der Waals surface area (Å²) in [7, 11) is 6.04. The summed E-state index contributed by atoms with van der Waals surface area (Å²) in [4.78, 5) is 70.5. The van der Waals surface area contributed by atoms with Gasteiger partial charge in [0.05, 0.1) is 6.10 Å². The summed E-state index contributed by atoms with van der Waals surface area (Å²) in [6.07, 6.45) is 3.90. The van der Waals surface area contributed by atoms with E-state index in [1.165, 1.54) is 35.8 Å². The Morgan fingerprint density at radius 2 is 1.38 bits per heavy atom. The lowest BCUT2D eigenvalue weighted by molar-refractivity contribution is -0.156. The molecule has 0 spiro atoms.